The Labute approximate surface area is 91.1 Å². The fourth-order valence-corrected chi connectivity index (χ4v) is 1.17. The molecule has 4 nitrogen and oxygen atoms in total. The number of nitrogens with one attached hydrogen (secondary N) is 1. The van der Waals surface area contributed by atoms with E-state index in [1.807, 2.05) is 6.92 Å². The first kappa shape index (κ1) is 11.8. The van der Waals surface area contributed by atoms with Gasteiger partial charge in [-0.15, -0.1) is 0 Å². The molecular formula is C11H19N3O. The van der Waals surface area contributed by atoms with E-state index in [1.54, 1.807) is 7.11 Å². The van der Waals surface area contributed by atoms with Gasteiger partial charge in [0.25, 0.3) is 0 Å². The Morgan fingerprint density at radius 2 is 2.00 bits per heavy atom. The lowest BCUT2D eigenvalue weighted by molar-refractivity contribution is 0.393. The summed E-state index contributed by atoms with van der Waals surface area (Å²) in [5.41, 5.74) is 1.18. The molecule has 1 aromatic heterocycles. The van der Waals surface area contributed by atoms with Gasteiger partial charge >= 0.3 is 0 Å². The fourth-order valence-electron chi connectivity index (χ4n) is 1.17. The number of methoxy groups -OCH3 is 1. The van der Waals surface area contributed by atoms with Gasteiger partial charge in [-0.3, -0.25) is 0 Å². The smallest absolute Gasteiger partial charge is 0.221 e. The highest BCUT2D eigenvalue weighted by Crippen LogP contribution is 2.21. The quantitative estimate of drug-likeness (QED) is 0.829. The number of ether oxygens (including phenoxy) is 1. The van der Waals surface area contributed by atoms with Crippen molar-refractivity contribution in [1.82, 2.24) is 9.97 Å². The Hall–Kier alpha value is -1.32. The molecule has 0 saturated carbocycles. The lowest BCUT2D eigenvalue weighted by Gasteiger charge is -2.20. The van der Waals surface area contributed by atoms with Crippen LogP contribution in [0.1, 0.15) is 26.3 Å². The summed E-state index contributed by atoms with van der Waals surface area (Å²) in [5, 5.41) is 3.30. The maximum atomic E-state index is 5.13. The molecule has 0 aliphatic carbocycles. The van der Waals surface area contributed by atoms with Crippen molar-refractivity contribution in [2.75, 3.05) is 19.0 Å². The van der Waals surface area contributed by atoms with Crippen LogP contribution in [-0.2, 0) is 0 Å². The van der Waals surface area contributed by atoms with Crippen LogP contribution in [0.3, 0.4) is 0 Å². The second-order valence-electron chi connectivity index (χ2n) is 4.77. The molecule has 0 unspecified atom stereocenters. The largest absolute Gasteiger partial charge is 0.481 e. The van der Waals surface area contributed by atoms with E-state index in [4.69, 9.17) is 4.74 Å². The van der Waals surface area contributed by atoms with Crippen LogP contribution in [-0.4, -0.2) is 23.6 Å². The molecule has 0 saturated heterocycles. The number of hydrogen-bond acceptors (Lipinski definition) is 4. The highest BCUT2D eigenvalue weighted by atomic mass is 16.5. The topological polar surface area (TPSA) is 47.0 Å². The average molecular weight is 209 g/mol. The van der Waals surface area contributed by atoms with Crippen LogP contribution >= 0.6 is 0 Å². The monoisotopic (exact) mass is 209 g/mol. The van der Waals surface area contributed by atoms with Crippen molar-refractivity contribution < 1.29 is 4.74 Å². The Balaban J connectivity index is 2.78. The van der Waals surface area contributed by atoms with Crippen LogP contribution in [0.4, 0.5) is 5.82 Å². The van der Waals surface area contributed by atoms with Crippen molar-refractivity contribution in [1.29, 1.82) is 0 Å². The molecule has 0 radical (unpaired) electrons. The third-order valence-corrected chi connectivity index (χ3v) is 2.02. The molecule has 0 spiro atoms. The van der Waals surface area contributed by atoms with Crippen molar-refractivity contribution in [3.63, 3.8) is 0 Å². The van der Waals surface area contributed by atoms with E-state index in [9.17, 15) is 0 Å². The van der Waals surface area contributed by atoms with E-state index in [-0.39, 0.29) is 5.41 Å². The first-order valence-electron chi connectivity index (χ1n) is 5.03. The van der Waals surface area contributed by atoms with Crippen molar-refractivity contribution in [2.24, 2.45) is 5.41 Å². The minimum atomic E-state index is 0.227. The van der Waals surface area contributed by atoms with E-state index < -0.39 is 0 Å². The van der Waals surface area contributed by atoms with Crippen molar-refractivity contribution >= 4 is 5.82 Å². The van der Waals surface area contributed by atoms with Gasteiger partial charge in [-0.2, -0.15) is 0 Å². The molecule has 1 N–H and O–H groups in total. The Bertz CT molecular complexity index is 331. The summed E-state index contributed by atoms with van der Waals surface area (Å²) in [6.07, 6.45) is 1.51. The molecule has 4 heteroatoms. The van der Waals surface area contributed by atoms with E-state index in [1.165, 1.54) is 6.33 Å². The van der Waals surface area contributed by atoms with Gasteiger partial charge in [-0.05, 0) is 12.3 Å². The van der Waals surface area contributed by atoms with Gasteiger partial charge in [0.15, 0.2) is 0 Å². The molecule has 15 heavy (non-hydrogen) atoms. The van der Waals surface area contributed by atoms with Crippen LogP contribution in [0.15, 0.2) is 6.33 Å². The highest BCUT2D eigenvalue weighted by Gasteiger charge is 2.12. The van der Waals surface area contributed by atoms with E-state index in [0.29, 0.717) is 5.88 Å². The molecule has 84 valence electrons. The van der Waals surface area contributed by atoms with Gasteiger partial charge in [-0.1, -0.05) is 20.8 Å². The number of nitrogens with zero attached hydrogens (tertiary/aromatic N) is 2. The predicted molar refractivity (Wildman–Crippen MR) is 61.3 cm³/mol. The van der Waals surface area contributed by atoms with E-state index >= 15 is 0 Å². The standard InChI is InChI=1S/C11H19N3O/c1-8-9(12-6-11(2,3)4)13-7-14-10(8)15-5/h7H,6H2,1-5H3,(H,12,13,14). The number of aromatic nitrogens is 2. The zero-order valence-corrected chi connectivity index (χ0v) is 10.1. The van der Waals surface area contributed by atoms with Crippen molar-refractivity contribution in [3.05, 3.63) is 11.9 Å². The maximum absolute atomic E-state index is 5.13. The van der Waals surface area contributed by atoms with Crippen LogP contribution in [0.2, 0.25) is 0 Å². The Kier molecular flexibility index (Phi) is 3.50. The van der Waals surface area contributed by atoms with E-state index in [2.05, 4.69) is 36.1 Å². The molecule has 1 rings (SSSR count). The third-order valence-electron chi connectivity index (χ3n) is 2.02. The molecule has 0 aromatic carbocycles. The zero-order valence-electron chi connectivity index (χ0n) is 10.1. The second-order valence-corrected chi connectivity index (χ2v) is 4.77. The summed E-state index contributed by atoms with van der Waals surface area (Å²) in [6, 6.07) is 0. The lowest BCUT2D eigenvalue weighted by atomic mass is 9.97. The van der Waals surface area contributed by atoms with Crippen LogP contribution < -0.4 is 10.1 Å². The summed E-state index contributed by atoms with van der Waals surface area (Å²) in [5.74, 6) is 1.47. The second kappa shape index (κ2) is 4.47. The SMILES string of the molecule is COc1ncnc(NCC(C)(C)C)c1C. The first-order chi connectivity index (χ1) is 6.94. The molecule has 1 heterocycles. The summed E-state index contributed by atoms with van der Waals surface area (Å²) in [7, 11) is 1.61. The summed E-state index contributed by atoms with van der Waals surface area (Å²) >= 11 is 0. The Morgan fingerprint density at radius 3 is 2.53 bits per heavy atom. The number of rotatable bonds is 3. The van der Waals surface area contributed by atoms with Crippen LogP contribution in [0.5, 0.6) is 5.88 Å². The third kappa shape index (κ3) is 3.38. The van der Waals surface area contributed by atoms with Crippen molar-refractivity contribution in [2.45, 2.75) is 27.7 Å². The van der Waals surface area contributed by atoms with E-state index in [0.717, 1.165) is 17.9 Å². The predicted octanol–water partition coefficient (Wildman–Crippen LogP) is 2.25. The molecule has 1 aromatic rings. The molecule has 0 bridgehead atoms. The van der Waals surface area contributed by atoms with Gasteiger partial charge in [0, 0.05) is 6.54 Å². The lowest BCUT2D eigenvalue weighted by Crippen LogP contribution is -2.20. The van der Waals surface area contributed by atoms with Gasteiger partial charge in [-0.25, -0.2) is 9.97 Å². The molecule has 0 aliphatic heterocycles. The molecule has 0 fully saturated rings. The molecule has 0 aliphatic rings. The zero-order chi connectivity index (χ0) is 11.5. The van der Waals surface area contributed by atoms with Gasteiger partial charge < -0.3 is 10.1 Å². The molecular weight excluding hydrogens is 190 g/mol. The van der Waals surface area contributed by atoms with Gasteiger partial charge in [0.2, 0.25) is 5.88 Å². The molecule has 0 atom stereocenters. The summed E-state index contributed by atoms with van der Waals surface area (Å²) in [4.78, 5) is 8.22. The highest BCUT2D eigenvalue weighted by molar-refractivity contribution is 5.47. The number of anilines is 1. The minimum Gasteiger partial charge on any atom is -0.481 e. The molecule has 0 amide bonds. The minimum absolute atomic E-state index is 0.227. The van der Waals surface area contributed by atoms with Crippen molar-refractivity contribution in [3.8, 4) is 5.88 Å². The first-order valence-corrected chi connectivity index (χ1v) is 5.03. The van der Waals surface area contributed by atoms with Gasteiger partial charge in [0.1, 0.15) is 12.1 Å². The summed E-state index contributed by atoms with van der Waals surface area (Å²) < 4.78 is 5.13. The van der Waals surface area contributed by atoms with Gasteiger partial charge in [0.05, 0.1) is 12.7 Å². The number of hydrogen-bond donors (Lipinski definition) is 1. The Morgan fingerprint density at radius 1 is 1.33 bits per heavy atom. The van der Waals surface area contributed by atoms with Crippen LogP contribution in [0.25, 0.3) is 0 Å². The van der Waals surface area contributed by atoms with Crippen LogP contribution in [0, 0.1) is 12.3 Å². The average Bonchev–Trinajstić information content (AvgIpc) is 2.15. The summed E-state index contributed by atoms with van der Waals surface area (Å²) in [6.45, 7) is 9.34. The maximum Gasteiger partial charge on any atom is 0.221 e. The fraction of sp³-hybridized carbons (Fsp3) is 0.636. The normalized spacial score (nSPS) is 11.3.